The van der Waals surface area contributed by atoms with Crippen LogP contribution < -0.4 is 0 Å². The molecule has 0 fully saturated rings. The monoisotopic (exact) mass is 236 g/mol. The number of alkyl halides is 1. The zero-order valence-electron chi connectivity index (χ0n) is 5.13. The van der Waals surface area contributed by atoms with Crippen LogP contribution in [0.3, 0.4) is 0 Å². The van der Waals surface area contributed by atoms with Gasteiger partial charge in [0.25, 0.3) is 0 Å². The lowest BCUT2D eigenvalue weighted by atomic mass is 10.5. The van der Waals surface area contributed by atoms with E-state index in [1.165, 1.54) is 10.8 Å². The summed E-state index contributed by atoms with van der Waals surface area (Å²) in [6.07, 6.45) is 6.89. The quantitative estimate of drug-likeness (QED) is 0.577. The summed E-state index contributed by atoms with van der Waals surface area (Å²) >= 11 is 2.38. The Morgan fingerprint density at radius 2 is 2.44 bits per heavy atom. The molecule has 0 spiro atoms. The fraction of sp³-hybridized carbons (Fsp3) is 0.500. The molecule has 9 heavy (non-hydrogen) atoms. The first-order chi connectivity index (χ1) is 4.43. The normalized spacial score (nSPS) is 9.89. The van der Waals surface area contributed by atoms with Crippen molar-refractivity contribution in [3.05, 3.63) is 18.7 Å². The van der Waals surface area contributed by atoms with Crippen LogP contribution >= 0.6 is 22.6 Å². The first-order valence-corrected chi connectivity index (χ1v) is 4.48. The van der Waals surface area contributed by atoms with E-state index in [-0.39, 0.29) is 0 Å². The summed E-state index contributed by atoms with van der Waals surface area (Å²) in [5.41, 5.74) is 0. The number of aromatic nitrogens is 2. The Labute approximate surface area is 68.4 Å². The first kappa shape index (κ1) is 7.05. The van der Waals surface area contributed by atoms with Crippen molar-refractivity contribution in [1.82, 2.24) is 9.55 Å². The molecule has 0 amide bonds. The van der Waals surface area contributed by atoms with Crippen LogP contribution in [0.15, 0.2) is 18.7 Å². The number of halogens is 1. The average molecular weight is 236 g/mol. The Hall–Kier alpha value is -0.0600. The second kappa shape index (κ2) is 3.87. The molecule has 0 bridgehead atoms. The van der Waals surface area contributed by atoms with Crippen LogP contribution in [0.2, 0.25) is 0 Å². The van der Waals surface area contributed by atoms with Gasteiger partial charge in [0.2, 0.25) is 0 Å². The van der Waals surface area contributed by atoms with E-state index >= 15 is 0 Å². The molecule has 1 rings (SSSR count). The van der Waals surface area contributed by atoms with Gasteiger partial charge in [-0.25, -0.2) is 4.98 Å². The Kier molecular flexibility index (Phi) is 3.03. The predicted octanol–water partition coefficient (Wildman–Crippen LogP) is 1.71. The van der Waals surface area contributed by atoms with Gasteiger partial charge in [0.15, 0.2) is 0 Å². The highest BCUT2D eigenvalue weighted by molar-refractivity contribution is 14.1. The van der Waals surface area contributed by atoms with Crippen LogP contribution in [-0.4, -0.2) is 14.0 Å². The van der Waals surface area contributed by atoms with Gasteiger partial charge >= 0.3 is 0 Å². The van der Waals surface area contributed by atoms with Crippen molar-refractivity contribution in [2.75, 3.05) is 4.43 Å². The van der Waals surface area contributed by atoms with E-state index in [4.69, 9.17) is 0 Å². The van der Waals surface area contributed by atoms with Crippen LogP contribution in [0, 0.1) is 0 Å². The van der Waals surface area contributed by atoms with Crippen LogP contribution in [0.5, 0.6) is 0 Å². The molecule has 1 aromatic heterocycles. The van der Waals surface area contributed by atoms with Gasteiger partial charge in [-0.15, -0.1) is 0 Å². The van der Waals surface area contributed by atoms with E-state index in [9.17, 15) is 0 Å². The Morgan fingerprint density at radius 1 is 1.56 bits per heavy atom. The average Bonchev–Trinajstić information content (AvgIpc) is 2.34. The fourth-order valence-electron chi connectivity index (χ4n) is 0.661. The number of hydrogen-bond acceptors (Lipinski definition) is 1. The molecule has 0 saturated carbocycles. The van der Waals surface area contributed by atoms with Crippen LogP contribution in [0.1, 0.15) is 6.42 Å². The molecule has 0 aromatic carbocycles. The molecule has 0 unspecified atom stereocenters. The molecule has 3 heteroatoms. The smallest absolute Gasteiger partial charge is 0.0945 e. The van der Waals surface area contributed by atoms with Crippen LogP contribution in [-0.2, 0) is 6.54 Å². The number of aryl methyl sites for hydroxylation is 1. The maximum absolute atomic E-state index is 3.94. The number of nitrogens with zero attached hydrogens (tertiary/aromatic N) is 2. The first-order valence-electron chi connectivity index (χ1n) is 2.95. The Morgan fingerprint density at radius 3 is 3.00 bits per heavy atom. The lowest BCUT2D eigenvalue weighted by Crippen LogP contribution is -1.93. The summed E-state index contributed by atoms with van der Waals surface area (Å²) < 4.78 is 3.31. The van der Waals surface area contributed by atoms with E-state index in [0.29, 0.717) is 0 Å². The molecule has 0 radical (unpaired) electrons. The molecule has 0 saturated heterocycles. The summed E-state index contributed by atoms with van der Waals surface area (Å²) in [6, 6.07) is 0. The lowest BCUT2D eigenvalue weighted by molar-refractivity contribution is 0.687. The molecule has 50 valence electrons. The van der Waals surface area contributed by atoms with Crippen molar-refractivity contribution in [2.45, 2.75) is 13.0 Å². The molecule has 0 aliphatic carbocycles. The third-order valence-electron chi connectivity index (χ3n) is 1.11. The highest BCUT2D eigenvalue weighted by atomic mass is 127. The van der Waals surface area contributed by atoms with Crippen molar-refractivity contribution >= 4 is 22.6 Å². The maximum atomic E-state index is 3.94. The van der Waals surface area contributed by atoms with Gasteiger partial charge in [-0.05, 0) is 6.42 Å². The summed E-state index contributed by atoms with van der Waals surface area (Å²) in [4.78, 5) is 3.94. The van der Waals surface area contributed by atoms with E-state index in [0.717, 1.165) is 6.54 Å². The molecular formula is C6H9IN2. The Balaban J connectivity index is 2.30. The summed E-state index contributed by atoms with van der Waals surface area (Å²) in [7, 11) is 0. The Bertz CT molecular complexity index is 148. The molecule has 0 aliphatic heterocycles. The summed E-state index contributed by atoms with van der Waals surface area (Å²) in [6.45, 7) is 1.10. The molecular weight excluding hydrogens is 227 g/mol. The molecule has 2 nitrogen and oxygen atoms in total. The summed E-state index contributed by atoms with van der Waals surface area (Å²) in [5, 5.41) is 0. The zero-order valence-corrected chi connectivity index (χ0v) is 7.28. The van der Waals surface area contributed by atoms with E-state index in [2.05, 4.69) is 32.1 Å². The van der Waals surface area contributed by atoms with Crippen molar-refractivity contribution < 1.29 is 0 Å². The van der Waals surface area contributed by atoms with Crippen LogP contribution in [0.25, 0.3) is 0 Å². The topological polar surface area (TPSA) is 17.8 Å². The molecule has 0 atom stereocenters. The maximum Gasteiger partial charge on any atom is 0.0945 e. The summed E-state index contributed by atoms with van der Waals surface area (Å²) in [5.74, 6) is 0. The molecule has 0 N–H and O–H groups in total. The third-order valence-corrected chi connectivity index (χ3v) is 1.87. The minimum Gasteiger partial charge on any atom is -0.337 e. The van der Waals surface area contributed by atoms with Gasteiger partial charge < -0.3 is 4.57 Å². The standard InChI is InChI=1S/C6H9IN2/c7-2-1-4-9-5-3-8-6-9/h3,5-6H,1-2,4H2. The molecule has 1 aromatic rings. The van der Waals surface area contributed by atoms with E-state index in [1.54, 1.807) is 0 Å². The second-order valence-corrected chi connectivity index (χ2v) is 2.92. The van der Waals surface area contributed by atoms with Crippen molar-refractivity contribution in [3.8, 4) is 0 Å². The van der Waals surface area contributed by atoms with Gasteiger partial charge in [0.05, 0.1) is 6.33 Å². The predicted molar refractivity (Wildman–Crippen MR) is 45.7 cm³/mol. The van der Waals surface area contributed by atoms with Crippen molar-refractivity contribution in [2.24, 2.45) is 0 Å². The van der Waals surface area contributed by atoms with Crippen LogP contribution in [0.4, 0.5) is 0 Å². The third kappa shape index (κ3) is 2.34. The molecule has 0 aliphatic rings. The largest absolute Gasteiger partial charge is 0.337 e. The van der Waals surface area contributed by atoms with Crippen molar-refractivity contribution in [1.29, 1.82) is 0 Å². The van der Waals surface area contributed by atoms with Gasteiger partial charge in [-0.2, -0.15) is 0 Å². The minimum atomic E-state index is 1.10. The number of imidazole rings is 1. The fourth-order valence-corrected chi connectivity index (χ4v) is 1.00. The van der Waals surface area contributed by atoms with Crippen molar-refractivity contribution in [3.63, 3.8) is 0 Å². The minimum absolute atomic E-state index is 1.10. The zero-order chi connectivity index (χ0) is 6.53. The molecule has 1 heterocycles. The van der Waals surface area contributed by atoms with Gasteiger partial charge in [-0.3, -0.25) is 0 Å². The number of hydrogen-bond donors (Lipinski definition) is 0. The van der Waals surface area contributed by atoms with E-state index < -0.39 is 0 Å². The lowest BCUT2D eigenvalue weighted by Gasteiger charge is -1.95. The second-order valence-electron chi connectivity index (χ2n) is 1.84. The highest BCUT2D eigenvalue weighted by Crippen LogP contribution is 1.93. The SMILES string of the molecule is ICCCn1ccnc1. The number of rotatable bonds is 3. The highest BCUT2D eigenvalue weighted by Gasteiger charge is 1.85. The van der Waals surface area contributed by atoms with Gasteiger partial charge in [0, 0.05) is 23.4 Å². The van der Waals surface area contributed by atoms with Gasteiger partial charge in [-0.1, -0.05) is 22.6 Å². The van der Waals surface area contributed by atoms with Gasteiger partial charge in [0.1, 0.15) is 0 Å². The van der Waals surface area contributed by atoms with E-state index in [1.807, 2.05) is 18.7 Å².